The first-order chi connectivity index (χ1) is 10.6. The largest absolute Gasteiger partial charge is 0.423 e. The van der Waals surface area contributed by atoms with Crippen LogP contribution in [-0.2, 0) is 16.0 Å². The van der Waals surface area contributed by atoms with E-state index < -0.39 is 0 Å². The minimum absolute atomic E-state index is 0.0400. The Morgan fingerprint density at radius 2 is 2.41 bits per heavy atom. The van der Waals surface area contributed by atoms with E-state index in [-0.39, 0.29) is 17.9 Å². The summed E-state index contributed by atoms with van der Waals surface area (Å²) >= 11 is 1.69. The Morgan fingerprint density at radius 3 is 3.09 bits per heavy atom. The molecular formula is C15H19N3O3S. The molecule has 2 aromatic heterocycles. The van der Waals surface area contributed by atoms with Crippen molar-refractivity contribution in [1.82, 2.24) is 15.1 Å². The molecule has 118 valence electrons. The van der Waals surface area contributed by atoms with E-state index in [1.165, 1.54) is 4.88 Å². The minimum Gasteiger partial charge on any atom is -0.423 e. The summed E-state index contributed by atoms with van der Waals surface area (Å²) in [6, 6.07) is 4.08. The van der Waals surface area contributed by atoms with Gasteiger partial charge in [-0.1, -0.05) is 13.0 Å². The van der Waals surface area contributed by atoms with Crippen LogP contribution < -0.4 is 0 Å². The number of carbonyl (C=O) groups is 1. The van der Waals surface area contributed by atoms with Crippen LogP contribution >= 0.6 is 11.3 Å². The summed E-state index contributed by atoms with van der Waals surface area (Å²) in [4.78, 5) is 15.7. The summed E-state index contributed by atoms with van der Waals surface area (Å²) in [6.45, 7) is 5.28. The lowest BCUT2D eigenvalue weighted by atomic mass is 10.0. The van der Waals surface area contributed by atoms with Crippen molar-refractivity contribution in [1.29, 1.82) is 0 Å². The summed E-state index contributed by atoms with van der Waals surface area (Å²) in [5, 5.41) is 9.85. The van der Waals surface area contributed by atoms with Gasteiger partial charge in [-0.25, -0.2) is 0 Å². The van der Waals surface area contributed by atoms with Crippen molar-refractivity contribution in [3.63, 3.8) is 0 Å². The zero-order valence-electron chi connectivity index (χ0n) is 12.7. The highest BCUT2D eigenvalue weighted by atomic mass is 32.1. The molecule has 2 aromatic rings. The van der Waals surface area contributed by atoms with Gasteiger partial charge in [-0.2, -0.15) is 0 Å². The number of morpholine rings is 1. The number of rotatable bonds is 4. The van der Waals surface area contributed by atoms with E-state index in [4.69, 9.17) is 9.15 Å². The zero-order valence-corrected chi connectivity index (χ0v) is 13.5. The van der Waals surface area contributed by atoms with Gasteiger partial charge in [-0.05, 0) is 17.9 Å². The van der Waals surface area contributed by atoms with E-state index in [1.807, 2.05) is 23.3 Å². The maximum atomic E-state index is 12.6. The number of amides is 1. The van der Waals surface area contributed by atoms with Crippen molar-refractivity contribution >= 4 is 17.2 Å². The second-order valence-electron chi connectivity index (χ2n) is 5.49. The van der Waals surface area contributed by atoms with Gasteiger partial charge in [0.2, 0.25) is 17.7 Å². The monoisotopic (exact) mass is 321 g/mol. The van der Waals surface area contributed by atoms with E-state index in [0.29, 0.717) is 31.5 Å². The molecule has 1 aliphatic rings. The fraction of sp³-hybridized carbons (Fsp3) is 0.533. The summed E-state index contributed by atoms with van der Waals surface area (Å²) in [6.07, 6.45) is 0.450. The topological polar surface area (TPSA) is 68.5 Å². The molecule has 1 saturated heterocycles. The second-order valence-corrected chi connectivity index (χ2v) is 6.52. The number of carbonyl (C=O) groups excluding carboxylic acids is 1. The van der Waals surface area contributed by atoms with E-state index in [0.717, 1.165) is 6.42 Å². The zero-order chi connectivity index (χ0) is 15.5. The first kappa shape index (κ1) is 15.2. The van der Waals surface area contributed by atoms with Crippen LogP contribution in [0.25, 0.3) is 0 Å². The smallest absolute Gasteiger partial charge is 0.246 e. The third-order valence-corrected chi connectivity index (χ3v) is 4.60. The molecule has 0 aliphatic carbocycles. The van der Waals surface area contributed by atoms with Crippen molar-refractivity contribution in [3.8, 4) is 0 Å². The third kappa shape index (κ3) is 3.36. The van der Waals surface area contributed by atoms with E-state index in [1.54, 1.807) is 18.3 Å². The Labute approximate surface area is 133 Å². The average Bonchev–Trinajstić information content (AvgIpc) is 3.18. The summed E-state index contributed by atoms with van der Waals surface area (Å²) in [5.41, 5.74) is 0. The predicted octanol–water partition coefficient (Wildman–Crippen LogP) is 2.22. The van der Waals surface area contributed by atoms with Crippen molar-refractivity contribution in [2.75, 3.05) is 19.7 Å². The molecule has 0 bridgehead atoms. The molecule has 1 amide bonds. The van der Waals surface area contributed by atoms with E-state index in [9.17, 15) is 4.79 Å². The number of hydrogen-bond acceptors (Lipinski definition) is 6. The first-order valence-corrected chi connectivity index (χ1v) is 8.24. The number of aryl methyl sites for hydroxylation is 1. The van der Waals surface area contributed by atoms with Crippen molar-refractivity contribution in [3.05, 3.63) is 34.2 Å². The molecule has 6 nitrogen and oxygen atoms in total. The molecule has 2 atom stereocenters. The highest BCUT2D eigenvalue weighted by Crippen LogP contribution is 2.23. The fourth-order valence-electron chi connectivity index (χ4n) is 2.57. The van der Waals surface area contributed by atoms with Crippen LogP contribution in [-0.4, -0.2) is 40.7 Å². The summed E-state index contributed by atoms with van der Waals surface area (Å²) in [7, 11) is 0. The fourth-order valence-corrected chi connectivity index (χ4v) is 3.41. The summed E-state index contributed by atoms with van der Waals surface area (Å²) in [5.74, 6) is 1.06. The Hall–Kier alpha value is -1.73. The molecule has 0 radical (unpaired) electrons. The molecule has 0 saturated carbocycles. The lowest BCUT2D eigenvalue weighted by Gasteiger charge is -2.33. The normalized spacial score (nSPS) is 20.1. The van der Waals surface area contributed by atoms with Gasteiger partial charge in [-0.15, -0.1) is 21.5 Å². The molecule has 22 heavy (non-hydrogen) atoms. The predicted molar refractivity (Wildman–Crippen MR) is 81.5 cm³/mol. The van der Waals surface area contributed by atoms with Crippen molar-refractivity contribution in [2.24, 2.45) is 5.92 Å². The first-order valence-electron chi connectivity index (χ1n) is 7.36. The van der Waals surface area contributed by atoms with Crippen molar-refractivity contribution in [2.45, 2.75) is 26.4 Å². The SMILES string of the molecule is Cc1nnc(C2CN(C(=O)C(C)Cc3cccs3)CCO2)o1. The van der Waals surface area contributed by atoms with Crippen LogP contribution in [0.15, 0.2) is 21.9 Å². The number of ether oxygens (including phenoxy) is 1. The van der Waals surface area contributed by atoms with Crippen LogP contribution in [0.3, 0.4) is 0 Å². The van der Waals surface area contributed by atoms with Gasteiger partial charge in [0.05, 0.1) is 13.2 Å². The Morgan fingerprint density at radius 1 is 1.55 bits per heavy atom. The van der Waals surface area contributed by atoms with E-state index >= 15 is 0 Å². The molecule has 0 aromatic carbocycles. The molecule has 3 rings (SSSR count). The standard InChI is InChI=1S/C15H19N3O3S/c1-10(8-12-4-3-7-22-12)15(19)18-5-6-20-13(9-18)14-17-16-11(2)21-14/h3-4,7,10,13H,5-6,8-9H2,1-2H3. The van der Waals surface area contributed by atoms with Crippen LogP contribution in [0.4, 0.5) is 0 Å². The van der Waals surface area contributed by atoms with Crippen molar-refractivity contribution < 1.29 is 13.9 Å². The molecule has 0 N–H and O–H groups in total. The Bertz CT molecular complexity index is 626. The molecule has 2 unspecified atom stereocenters. The third-order valence-electron chi connectivity index (χ3n) is 3.70. The highest BCUT2D eigenvalue weighted by Gasteiger charge is 2.30. The lowest BCUT2D eigenvalue weighted by Crippen LogP contribution is -2.44. The van der Waals surface area contributed by atoms with Gasteiger partial charge >= 0.3 is 0 Å². The number of hydrogen-bond donors (Lipinski definition) is 0. The molecule has 1 aliphatic heterocycles. The maximum Gasteiger partial charge on any atom is 0.246 e. The number of thiophene rings is 1. The van der Waals surface area contributed by atoms with Crippen LogP contribution in [0, 0.1) is 12.8 Å². The Balaban J connectivity index is 1.62. The average molecular weight is 321 g/mol. The van der Waals surface area contributed by atoms with Crippen LogP contribution in [0.5, 0.6) is 0 Å². The molecule has 1 fully saturated rings. The summed E-state index contributed by atoms with van der Waals surface area (Å²) < 4.78 is 11.1. The molecule has 3 heterocycles. The van der Waals surface area contributed by atoms with Gasteiger partial charge < -0.3 is 14.1 Å². The Kier molecular flexibility index (Phi) is 4.54. The highest BCUT2D eigenvalue weighted by molar-refractivity contribution is 7.09. The van der Waals surface area contributed by atoms with Crippen LogP contribution in [0.2, 0.25) is 0 Å². The molecular weight excluding hydrogens is 302 g/mol. The van der Waals surface area contributed by atoms with Gasteiger partial charge in [0.15, 0.2) is 6.10 Å². The van der Waals surface area contributed by atoms with Gasteiger partial charge in [0, 0.05) is 24.3 Å². The quantitative estimate of drug-likeness (QED) is 0.863. The van der Waals surface area contributed by atoms with Gasteiger partial charge in [-0.3, -0.25) is 4.79 Å². The van der Waals surface area contributed by atoms with E-state index in [2.05, 4.69) is 16.3 Å². The lowest BCUT2D eigenvalue weighted by molar-refractivity contribution is -0.143. The second kappa shape index (κ2) is 6.58. The van der Waals surface area contributed by atoms with Crippen LogP contribution in [0.1, 0.15) is 29.7 Å². The van der Waals surface area contributed by atoms with Gasteiger partial charge in [0.1, 0.15) is 0 Å². The molecule has 0 spiro atoms. The minimum atomic E-state index is -0.326. The number of aromatic nitrogens is 2. The maximum absolute atomic E-state index is 12.6. The van der Waals surface area contributed by atoms with Gasteiger partial charge in [0.25, 0.3) is 0 Å². The molecule has 7 heteroatoms. The number of nitrogens with zero attached hydrogens (tertiary/aromatic N) is 3.